The second-order valence-corrected chi connectivity index (χ2v) is 6.56. The average Bonchev–Trinajstić information content (AvgIpc) is 3.12. The summed E-state index contributed by atoms with van der Waals surface area (Å²) in [6.07, 6.45) is 0.343. The van der Waals surface area contributed by atoms with Crippen molar-refractivity contribution in [3.63, 3.8) is 0 Å². The van der Waals surface area contributed by atoms with Crippen LogP contribution in [-0.4, -0.2) is 53.3 Å². The number of fused-ring (bicyclic) bond motifs is 2. The summed E-state index contributed by atoms with van der Waals surface area (Å²) in [7, 11) is 1.48. The molecule has 29 heavy (non-hydrogen) atoms. The molecule has 2 aliphatic rings. The van der Waals surface area contributed by atoms with Gasteiger partial charge in [-0.3, -0.25) is 10.1 Å². The first-order valence-electron chi connectivity index (χ1n) is 8.90. The molecule has 2 aliphatic heterocycles. The molecule has 150 valence electrons. The van der Waals surface area contributed by atoms with E-state index in [1.807, 2.05) is 6.07 Å². The lowest BCUT2D eigenvalue weighted by Crippen LogP contribution is -2.44. The smallest absolute Gasteiger partial charge is 0.337 e. The Bertz CT molecular complexity index is 1000. The Labute approximate surface area is 165 Å². The van der Waals surface area contributed by atoms with Gasteiger partial charge in [-0.15, -0.1) is 0 Å². The predicted molar refractivity (Wildman–Crippen MR) is 102 cm³/mol. The van der Waals surface area contributed by atoms with Gasteiger partial charge in [-0.05, 0) is 36.2 Å². The molecule has 0 bridgehead atoms. The van der Waals surface area contributed by atoms with Crippen molar-refractivity contribution < 1.29 is 24.3 Å². The number of carbonyl (C=O) groups is 1. The van der Waals surface area contributed by atoms with Crippen LogP contribution in [0.25, 0.3) is 0 Å². The molecule has 0 fully saturated rings. The van der Waals surface area contributed by atoms with Crippen LogP contribution in [0.1, 0.15) is 16.7 Å². The van der Waals surface area contributed by atoms with E-state index < -0.39 is 17.0 Å². The maximum atomic E-state index is 12.4. The number of aliphatic hydroxyl groups is 1. The lowest BCUT2D eigenvalue weighted by atomic mass is 9.94. The van der Waals surface area contributed by atoms with E-state index >= 15 is 0 Å². The van der Waals surface area contributed by atoms with E-state index in [9.17, 15) is 20.0 Å². The van der Waals surface area contributed by atoms with E-state index in [-0.39, 0.29) is 19.1 Å². The predicted octanol–water partition coefficient (Wildman–Crippen LogP) is 1.63. The van der Waals surface area contributed by atoms with Crippen LogP contribution in [0, 0.1) is 10.1 Å². The number of rotatable bonds is 3. The van der Waals surface area contributed by atoms with E-state index in [0.29, 0.717) is 34.8 Å². The Morgan fingerprint density at radius 3 is 2.62 bits per heavy atom. The summed E-state index contributed by atoms with van der Waals surface area (Å²) in [4.78, 5) is 22.9. The van der Waals surface area contributed by atoms with Gasteiger partial charge in [0.15, 0.2) is 11.5 Å². The largest absolute Gasteiger partial charge is 0.454 e. The van der Waals surface area contributed by atoms with E-state index in [0.717, 1.165) is 5.56 Å². The van der Waals surface area contributed by atoms with E-state index in [1.165, 1.54) is 24.2 Å². The first-order valence-corrected chi connectivity index (χ1v) is 8.90. The molecule has 0 radical (unpaired) electrons. The van der Waals surface area contributed by atoms with Gasteiger partial charge in [0.05, 0.1) is 23.3 Å². The molecule has 2 heterocycles. The van der Waals surface area contributed by atoms with Crippen molar-refractivity contribution in [2.24, 2.45) is 5.10 Å². The van der Waals surface area contributed by atoms with Crippen molar-refractivity contribution in [2.45, 2.75) is 12.5 Å². The quantitative estimate of drug-likeness (QED) is 0.598. The van der Waals surface area contributed by atoms with Crippen LogP contribution < -0.4 is 14.8 Å². The minimum Gasteiger partial charge on any atom is -0.454 e. The summed E-state index contributed by atoms with van der Waals surface area (Å²) in [5.41, 5.74) is 2.49. The molecule has 1 atom stereocenters. The summed E-state index contributed by atoms with van der Waals surface area (Å²) < 4.78 is 10.9. The number of hydrogen-bond donors (Lipinski definition) is 2. The van der Waals surface area contributed by atoms with Gasteiger partial charge < -0.3 is 19.9 Å². The fraction of sp³-hybridized carbons (Fsp3) is 0.263. The summed E-state index contributed by atoms with van der Waals surface area (Å²) in [5, 5.41) is 29.1. The zero-order valence-corrected chi connectivity index (χ0v) is 15.5. The Morgan fingerprint density at radius 2 is 2.00 bits per heavy atom. The molecule has 0 aliphatic carbocycles. The average molecular weight is 398 g/mol. The van der Waals surface area contributed by atoms with Crippen LogP contribution >= 0.6 is 0 Å². The molecule has 0 spiro atoms. The molecular weight excluding hydrogens is 380 g/mol. The first-order chi connectivity index (χ1) is 14.0. The van der Waals surface area contributed by atoms with Crippen LogP contribution in [0.15, 0.2) is 41.5 Å². The van der Waals surface area contributed by atoms with Gasteiger partial charge in [-0.2, -0.15) is 5.10 Å². The van der Waals surface area contributed by atoms with E-state index in [1.54, 1.807) is 18.2 Å². The molecule has 0 aromatic heterocycles. The highest BCUT2D eigenvalue weighted by Crippen LogP contribution is 2.37. The van der Waals surface area contributed by atoms with Crippen LogP contribution in [-0.2, 0) is 6.42 Å². The second kappa shape index (κ2) is 7.40. The Hall–Kier alpha value is -3.66. The number of non-ortho nitro benzene ring substituents is 1. The van der Waals surface area contributed by atoms with Crippen molar-refractivity contribution in [3.8, 4) is 11.5 Å². The fourth-order valence-corrected chi connectivity index (χ4v) is 3.38. The minimum absolute atomic E-state index is 0.0507. The summed E-state index contributed by atoms with van der Waals surface area (Å²) >= 11 is 0. The van der Waals surface area contributed by atoms with Gasteiger partial charge in [0.2, 0.25) is 6.79 Å². The van der Waals surface area contributed by atoms with Gasteiger partial charge in [0.25, 0.3) is 5.69 Å². The highest BCUT2D eigenvalue weighted by atomic mass is 16.7. The lowest BCUT2D eigenvalue weighted by molar-refractivity contribution is -0.384. The van der Waals surface area contributed by atoms with Crippen molar-refractivity contribution in [2.75, 3.05) is 20.4 Å². The van der Waals surface area contributed by atoms with Gasteiger partial charge >= 0.3 is 6.03 Å². The molecule has 1 unspecified atom stereocenters. The van der Waals surface area contributed by atoms with E-state index in [4.69, 9.17) is 9.47 Å². The Morgan fingerprint density at radius 1 is 1.31 bits per heavy atom. The molecule has 4 rings (SSSR count). The van der Waals surface area contributed by atoms with Crippen molar-refractivity contribution >= 4 is 17.4 Å². The maximum absolute atomic E-state index is 12.4. The number of ether oxygens (including phenoxy) is 2. The number of amides is 2. The zero-order chi connectivity index (χ0) is 20.5. The molecule has 10 heteroatoms. The van der Waals surface area contributed by atoms with Crippen LogP contribution in [0.3, 0.4) is 0 Å². The molecule has 10 nitrogen and oxygen atoms in total. The first kappa shape index (κ1) is 18.7. The highest BCUT2D eigenvalue weighted by molar-refractivity contribution is 6.14. The normalized spacial score (nSPS) is 17.2. The Balaban J connectivity index is 1.89. The van der Waals surface area contributed by atoms with Crippen molar-refractivity contribution in [1.82, 2.24) is 10.3 Å². The maximum Gasteiger partial charge on any atom is 0.337 e. The SMILES string of the molecule is CNC(=O)N1N=C(c2ccc([N+](=O)[O-])cc2)c2cc3c(cc2CC1CO)OCO3. The van der Waals surface area contributed by atoms with Crippen LogP contribution in [0.2, 0.25) is 0 Å². The topological polar surface area (TPSA) is 127 Å². The molecule has 2 aromatic carbocycles. The number of carbonyl (C=O) groups excluding carboxylic acids is 1. The van der Waals surface area contributed by atoms with Gasteiger partial charge in [-0.1, -0.05) is 0 Å². The van der Waals surface area contributed by atoms with Crippen LogP contribution in [0.4, 0.5) is 10.5 Å². The number of hydrazone groups is 1. The fourth-order valence-electron chi connectivity index (χ4n) is 3.38. The third kappa shape index (κ3) is 3.34. The molecule has 0 saturated heterocycles. The standard InChI is InChI=1S/C19H18N4O6/c1-20-19(25)22-14(9-24)6-12-7-16-17(29-10-28-16)8-15(12)18(21-22)11-2-4-13(5-3-11)23(26)27/h2-5,7-8,14,24H,6,9-10H2,1H3,(H,20,25). The number of nitrogens with zero attached hydrogens (tertiary/aromatic N) is 3. The molecule has 2 aromatic rings. The van der Waals surface area contributed by atoms with Gasteiger partial charge in [-0.25, -0.2) is 9.80 Å². The number of urea groups is 1. The number of nitrogens with one attached hydrogen (secondary N) is 1. The zero-order valence-electron chi connectivity index (χ0n) is 15.5. The van der Waals surface area contributed by atoms with Gasteiger partial charge in [0, 0.05) is 30.3 Å². The number of nitro benzene ring substituents is 1. The molecule has 0 saturated carbocycles. The third-order valence-electron chi connectivity index (χ3n) is 4.85. The summed E-state index contributed by atoms with van der Waals surface area (Å²) in [6.45, 7) is -0.186. The minimum atomic E-state index is -0.593. The highest BCUT2D eigenvalue weighted by Gasteiger charge is 2.31. The Kier molecular flexibility index (Phi) is 4.77. The number of aliphatic hydroxyl groups excluding tert-OH is 1. The number of hydrogen-bond acceptors (Lipinski definition) is 7. The monoisotopic (exact) mass is 398 g/mol. The van der Waals surface area contributed by atoms with E-state index in [2.05, 4.69) is 10.4 Å². The lowest BCUT2D eigenvalue weighted by Gasteiger charge is -2.24. The van der Waals surface area contributed by atoms with Crippen molar-refractivity contribution in [3.05, 3.63) is 63.2 Å². The second-order valence-electron chi connectivity index (χ2n) is 6.56. The molecule has 2 N–H and O–H groups in total. The van der Waals surface area contributed by atoms with Crippen molar-refractivity contribution in [1.29, 1.82) is 0 Å². The summed E-state index contributed by atoms with van der Waals surface area (Å²) in [6, 6.07) is 8.43. The third-order valence-corrected chi connectivity index (χ3v) is 4.85. The van der Waals surface area contributed by atoms with Gasteiger partial charge in [0.1, 0.15) is 0 Å². The number of nitro groups is 1. The molecule has 2 amide bonds. The summed E-state index contributed by atoms with van der Waals surface area (Å²) in [5.74, 6) is 1.13. The number of benzene rings is 2. The molecular formula is C19H18N4O6. The van der Waals surface area contributed by atoms with Crippen LogP contribution in [0.5, 0.6) is 11.5 Å².